The quantitative estimate of drug-likeness (QED) is 0.518. The molecule has 1 saturated carbocycles. The minimum absolute atomic E-state index is 0.00890. The molecule has 2 bridgehead atoms. The molecule has 0 radical (unpaired) electrons. The molecule has 2 aliphatic rings. The molecule has 2 amide bonds. The molecule has 0 unspecified atom stereocenters. The number of hydrogen-bond acceptors (Lipinski definition) is 2. The van der Waals surface area contributed by atoms with Gasteiger partial charge in [0, 0.05) is 11.3 Å². The van der Waals surface area contributed by atoms with E-state index in [0.29, 0.717) is 0 Å². The first-order chi connectivity index (χ1) is 16.3. The SMILES string of the molecule is CC(C(=O)N1C(=O)[C@]2(C)CC[C@H]1C2(C)C)=P(c1ccccc1)(c1ccccc1)c1ccccc1. The zero-order valence-corrected chi connectivity index (χ0v) is 21.3. The summed E-state index contributed by atoms with van der Waals surface area (Å²) in [5.41, 5.74) is -0.714. The van der Waals surface area contributed by atoms with Crippen LogP contribution in [0.3, 0.4) is 0 Å². The minimum atomic E-state index is -2.49. The fourth-order valence-corrected chi connectivity index (χ4v) is 10.6. The van der Waals surface area contributed by atoms with Crippen molar-refractivity contribution in [2.24, 2.45) is 10.8 Å². The highest BCUT2D eigenvalue weighted by molar-refractivity contribution is 7.96. The average Bonchev–Trinajstić information content (AvgIpc) is 3.18. The van der Waals surface area contributed by atoms with Crippen LogP contribution in [-0.4, -0.2) is 28.0 Å². The highest BCUT2D eigenvalue weighted by Gasteiger charge is 2.67. The molecule has 0 aromatic heterocycles. The van der Waals surface area contributed by atoms with Crippen LogP contribution in [0.4, 0.5) is 0 Å². The molecule has 3 aromatic rings. The zero-order chi connectivity index (χ0) is 24.1. The fraction of sp³-hybridized carbons (Fsp3) is 0.300. The number of imide groups is 1. The van der Waals surface area contributed by atoms with E-state index in [1.54, 1.807) is 4.90 Å². The Labute approximate surface area is 202 Å². The summed E-state index contributed by atoms with van der Waals surface area (Å²) in [5, 5.41) is 4.14. The molecule has 0 spiro atoms. The summed E-state index contributed by atoms with van der Waals surface area (Å²) in [7, 11) is 0. The number of rotatable bonds is 4. The van der Waals surface area contributed by atoms with Crippen molar-refractivity contribution in [3.05, 3.63) is 91.0 Å². The number of fused-ring (bicyclic) bond motifs is 2. The third-order valence-electron chi connectivity index (χ3n) is 8.64. The lowest BCUT2D eigenvalue weighted by atomic mass is 9.70. The Morgan fingerprint density at radius 1 is 0.794 bits per heavy atom. The molecular formula is C30H32NO2P. The van der Waals surface area contributed by atoms with Crippen molar-refractivity contribution in [2.45, 2.75) is 46.6 Å². The van der Waals surface area contributed by atoms with E-state index >= 15 is 0 Å². The molecular weight excluding hydrogens is 437 g/mol. The Hall–Kier alpha value is -2.90. The molecule has 1 heterocycles. The molecule has 1 aliphatic heterocycles. The topological polar surface area (TPSA) is 37.4 Å². The van der Waals surface area contributed by atoms with Gasteiger partial charge in [0.1, 0.15) is 0 Å². The Morgan fingerprint density at radius 3 is 1.56 bits per heavy atom. The average molecular weight is 470 g/mol. The smallest absolute Gasteiger partial charge is 0.257 e. The van der Waals surface area contributed by atoms with Gasteiger partial charge in [-0.2, -0.15) is 0 Å². The van der Waals surface area contributed by atoms with Crippen LogP contribution >= 0.6 is 6.89 Å². The lowest BCUT2D eigenvalue weighted by Gasteiger charge is -2.34. The minimum Gasteiger partial charge on any atom is -0.275 e. The first kappa shape index (κ1) is 22.9. The second-order valence-electron chi connectivity index (χ2n) is 10.4. The Bertz CT molecular complexity index is 1190. The van der Waals surface area contributed by atoms with Crippen LogP contribution in [0.2, 0.25) is 0 Å². The molecule has 1 aliphatic carbocycles. The van der Waals surface area contributed by atoms with E-state index in [0.717, 1.165) is 34.0 Å². The van der Waals surface area contributed by atoms with Gasteiger partial charge in [0.05, 0.1) is 5.41 Å². The number of likely N-dealkylation sites (tertiary alicyclic amines) is 1. The fourth-order valence-electron chi connectivity index (χ4n) is 6.25. The van der Waals surface area contributed by atoms with Gasteiger partial charge in [-0.1, -0.05) is 112 Å². The Morgan fingerprint density at radius 2 is 1.21 bits per heavy atom. The van der Waals surface area contributed by atoms with E-state index < -0.39 is 12.3 Å². The van der Waals surface area contributed by atoms with Crippen molar-refractivity contribution in [3.8, 4) is 0 Å². The van der Waals surface area contributed by atoms with Gasteiger partial charge >= 0.3 is 0 Å². The van der Waals surface area contributed by atoms with Crippen LogP contribution in [0.1, 0.15) is 40.5 Å². The monoisotopic (exact) mass is 469 g/mol. The molecule has 2 fully saturated rings. The van der Waals surface area contributed by atoms with Crippen molar-refractivity contribution in [3.63, 3.8) is 0 Å². The lowest BCUT2D eigenvalue weighted by Crippen LogP contribution is -2.48. The van der Waals surface area contributed by atoms with Gasteiger partial charge in [-0.3, -0.25) is 14.5 Å². The molecule has 0 N–H and O–H groups in total. The Balaban J connectivity index is 1.83. The normalized spacial score (nSPS) is 23.2. The molecule has 3 aromatic carbocycles. The lowest BCUT2D eigenvalue weighted by molar-refractivity contribution is -0.146. The molecule has 3 nitrogen and oxygen atoms in total. The second-order valence-corrected chi connectivity index (χ2v) is 13.9. The number of nitrogens with zero attached hydrogens (tertiary/aromatic N) is 1. The van der Waals surface area contributed by atoms with Gasteiger partial charge in [-0.25, -0.2) is 0 Å². The van der Waals surface area contributed by atoms with Crippen molar-refractivity contribution in [1.82, 2.24) is 4.90 Å². The van der Waals surface area contributed by atoms with E-state index in [4.69, 9.17) is 0 Å². The standard InChI is InChI=1S/C30H32NO2P/c1-22(27(32)31-26-20-21-30(4,28(31)33)29(26,2)3)34(23-14-8-5-9-15-23,24-16-10-6-11-17-24)25-18-12-7-13-19-25/h5-19,26H,20-21H2,1-4H3/t26-,30-/m0/s1. The molecule has 174 valence electrons. The van der Waals surface area contributed by atoms with Gasteiger partial charge in [-0.15, -0.1) is 0 Å². The van der Waals surface area contributed by atoms with E-state index in [9.17, 15) is 9.59 Å². The summed E-state index contributed by atoms with van der Waals surface area (Å²) >= 11 is 0. The number of carbonyl (C=O) groups excluding carboxylic acids is 2. The molecule has 1 saturated heterocycles. The summed E-state index contributed by atoms with van der Waals surface area (Å²) in [5.74, 6) is -0.123. The number of amides is 2. The first-order valence-corrected chi connectivity index (χ1v) is 13.8. The number of hydrogen-bond donors (Lipinski definition) is 0. The van der Waals surface area contributed by atoms with Gasteiger partial charge in [0.25, 0.3) is 5.91 Å². The van der Waals surface area contributed by atoms with Crippen LogP contribution in [0.25, 0.3) is 0 Å². The van der Waals surface area contributed by atoms with E-state index in [1.807, 2.05) is 68.4 Å². The van der Waals surface area contributed by atoms with Crippen LogP contribution in [0.5, 0.6) is 0 Å². The summed E-state index contributed by atoms with van der Waals surface area (Å²) in [4.78, 5) is 29.8. The number of carbonyl (C=O) groups is 2. The number of benzene rings is 3. The van der Waals surface area contributed by atoms with Crippen LogP contribution in [0, 0.1) is 10.8 Å². The summed E-state index contributed by atoms with van der Waals surface area (Å²) in [6.45, 7) is 5.83. The Kier molecular flexibility index (Phi) is 5.45. The maximum Gasteiger partial charge on any atom is 0.257 e. The second kappa shape index (κ2) is 8.10. The summed E-state index contributed by atoms with van der Waals surface area (Å²) < 4.78 is 0. The summed E-state index contributed by atoms with van der Waals surface area (Å²) in [6, 6.07) is 31.0. The molecule has 4 heteroatoms. The molecule has 2 atom stereocenters. The predicted octanol–water partition coefficient (Wildman–Crippen LogP) is 4.74. The van der Waals surface area contributed by atoms with Crippen LogP contribution in [0.15, 0.2) is 91.0 Å². The largest absolute Gasteiger partial charge is 0.275 e. The van der Waals surface area contributed by atoms with Gasteiger partial charge in [0.15, 0.2) is 0 Å². The summed E-state index contributed by atoms with van der Waals surface area (Å²) in [6.07, 6.45) is 1.73. The molecule has 5 rings (SSSR count). The predicted molar refractivity (Wildman–Crippen MR) is 143 cm³/mol. The highest BCUT2D eigenvalue weighted by Crippen LogP contribution is 2.61. The van der Waals surface area contributed by atoms with Crippen LogP contribution < -0.4 is 15.9 Å². The van der Waals surface area contributed by atoms with E-state index in [2.05, 4.69) is 50.2 Å². The highest BCUT2D eigenvalue weighted by atomic mass is 31.2. The third kappa shape index (κ3) is 2.96. The maximum absolute atomic E-state index is 14.4. The van der Waals surface area contributed by atoms with Gasteiger partial charge < -0.3 is 0 Å². The van der Waals surface area contributed by atoms with Crippen molar-refractivity contribution < 1.29 is 9.59 Å². The first-order valence-electron chi connectivity index (χ1n) is 12.0. The third-order valence-corrected chi connectivity index (χ3v) is 13.1. The van der Waals surface area contributed by atoms with E-state index in [1.165, 1.54) is 0 Å². The van der Waals surface area contributed by atoms with Crippen molar-refractivity contribution in [1.29, 1.82) is 0 Å². The number of piperidine rings is 1. The zero-order valence-electron chi connectivity index (χ0n) is 20.4. The maximum atomic E-state index is 14.4. The van der Waals surface area contributed by atoms with Gasteiger partial charge in [0.2, 0.25) is 5.91 Å². The van der Waals surface area contributed by atoms with Gasteiger partial charge in [-0.05, 0) is 48.0 Å². The van der Waals surface area contributed by atoms with E-state index in [-0.39, 0.29) is 23.3 Å². The van der Waals surface area contributed by atoms with Crippen LogP contribution in [-0.2, 0) is 9.59 Å². The van der Waals surface area contributed by atoms with Crippen molar-refractivity contribution in [2.75, 3.05) is 0 Å². The molecule has 34 heavy (non-hydrogen) atoms. The van der Waals surface area contributed by atoms with Crippen molar-refractivity contribution >= 4 is 39.9 Å².